The highest BCUT2D eigenvalue weighted by Gasteiger charge is 2.58. The lowest BCUT2D eigenvalue weighted by Crippen LogP contribution is -2.54. The van der Waals surface area contributed by atoms with Crippen molar-refractivity contribution in [2.75, 3.05) is 9.80 Å². The lowest BCUT2D eigenvalue weighted by molar-refractivity contribution is -0.124. The Morgan fingerprint density at radius 3 is 2.47 bits per heavy atom. The second kappa shape index (κ2) is 7.15. The number of para-hydroxylation sites is 1. The second-order valence-electron chi connectivity index (χ2n) is 7.11. The monoisotopic (exact) mass is 416 g/mol. The Hall–Kier alpha value is -3.38. The van der Waals surface area contributed by atoms with E-state index in [0.29, 0.717) is 12.2 Å². The largest absolute Gasteiger partial charge is 0.304 e. The maximum Gasteiger partial charge on any atom is 0.269 e. The summed E-state index contributed by atoms with van der Waals surface area (Å²) in [5.74, 6) is -1.04. The van der Waals surface area contributed by atoms with Crippen LogP contribution in [0.15, 0.2) is 90.3 Å². The second-order valence-corrected chi connectivity index (χ2v) is 8.21. The van der Waals surface area contributed by atoms with Gasteiger partial charge >= 0.3 is 0 Å². The van der Waals surface area contributed by atoms with Crippen LogP contribution in [0, 0.1) is 5.82 Å². The number of carbonyl (C=O) groups excluding carboxylic acids is 2. The highest BCUT2D eigenvalue weighted by molar-refractivity contribution is 8.04. The van der Waals surface area contributed by atoms with E-state index in [1.165, 1.54) is 34.9 Å². The van der Waals surface area contributed by atoms with Crippen LogP contribution >= 0.6 is 11.8 Å². The minimum absolute atomic E-state index is 0.223. The molecule has 3 aromatic carbocycles. The molecule has 1 unspecified atom stereocenters. The van der Waals surface area contributed by atoms with E-state index >= 15 is 0 Å². The van der Waals surface area contributed by atoms with E-state index in [0.717, 1.165) is 16.8 Å². The predicted octanol–water partition coefficient (Wildman–Crippen LogP) is 4.82. The summed E-state index contributed by atoms with van der Waals surface area (Å²) in [5.41, 5.74) is 2.81. The Kier molecular flexibility index (Phi) is 4.44. The summed E-state index contributed by atoms with van der Waals surface area (Å²) in [7, 11) is 0. The molecular formula is C24H17FN2O2S. The molecule has 5 rings (SSSR count). The smallest absolute Gasteiger partial charge is 0.269 e. The highest BCUT2D eigenvalue weighted by atomic mass is 32.2. The Morgan fingerprint density at radius 2 is 1.67 bits per heavy atom. The fraction of sp³-hybridized carbons (Fsp3) is 0.0833. The van der Waals surface area contributed by atoms with Gasteiger partial charge in [0.15, 0.2) is 0 Å². The third-order valence-corrected chi connectivity index (χ3v) is 6.52. The van der Waals surface area contributed by atoms with Gasteiger partial charge in [-0.05, 0) is 35.2 Å². The van der Waals surface area contributed by atoms with Crippen LogP contribution in [-0.4, -0.2) is 11.8 Å². The first-order valence-electron chi connectivity index (χ1n) is 9.51. The van der Waals surface area contributed by atoms with Crippen molar-refractivity contribution in [2.24, 2.45) is 0 Å². The Bertz CT molecular complexity index is 1180. The van der Waals surface area contributed by atoms with Crippen molar-refractivity contribution in [2.45, 2.75) is 11.4 Å². The van der Waals surface area contributed by atoms with Crippen LogP contribution in [0.2, 0.25) is 0 Å². The minimum Gasteiger partial charge on any atom is -0.304 e. The fourth-order valence-corrected chi connectivity index (χ4v) is 5.25. The van der Waals surface area contributed by atoms with Crippen molar-refractivity contribution in [1.29, 1.82) is 0 Å². The van der Waals surface area contributed by atoms with Gasteiger partial charge in [0.05, 0.1) is 12.2 Å². The van der Waals surface area contributed by atoms with Crippen molar-refractivity contribution >= 4 is 35.0 Å². The van der Waals surface area contributed by atoms with E-state index in [1.807, 2.05) is 54.6 Å². The Balaban J connectivity index is 1.69. The number of thioether (sulfide) groups is 1. The molecule has 0 saturated heterocycles. The number of amides is 2. The summed E-state index contributed by atoms with van der Waals surface area (Å²) >= 11 is 1.26. The SMILES string of the molecule is O=C1C=CSC2(C(=O)N(Cc3ccccc3)c3ccccc32)N1c1cccc(F)c1. The molecule has 6 heteroatoms. The molecule has 148 valence electrons. The molecule has 0 bridgehead atoms. The fourth-order valence-electron chi connectivity index (χ4n) is 4.05. The summed E-state index contributed by atoms with van der Waals surface area (Å²) < 4.78 is 14.0. The molecule has 1 atom stereocenters. The van der Waals surface area contributed by atoms with Crippen LogP contribution in [0.4, 0.5) is 15.8 Å². The van der Waals surface area contributed by atoms with Crippen LogP contribution in [0.3, 0.4) is 0 Å². The zero-order chi connectivity index (χ0) is 20.7. The van der Waals surface area contributed by atoms with Gasteiger partial charge in [0.2, 0.25) is 4.87 Å². The molecule has 0 saturated carbocycles. The van der Waals surface area contributed by atoms with Crippen molar-refractivity contribution < 1.29 is 14.0 Å². The third kappa shape index (κ3) is 2.75. The lowest BCUT2D eigenvalue weighted by atomic mass is 10.0. The Labute approximate surface area is 177 Å². The zero-order valence-corrected chi connectivity index (χ0v) is 16.7. The van der Waals surface area contributed by atoms with Gasteiger partial charge in [-0.3, -0.25) is 14.5 Å². The predicted molar refractivity (Wildman–Crippen MR) is 116 cm³/mol. The van der Waals surface area contributed by atoms with Crippen LogP contribution in [0.5, 0.6) is 0 Å². The molecule has 0 aromatic heterocycles. The first-order chi connectivity index (χ1) is 14.6. The van der Waals surface area contributed by atoms with Gasteiger partial charge in [-0.1, -0.05) is 66.4 Å². The lowest BCUT2D eigenvalue weighted by Gasteiger charge is -2.40. The third-order valence-electron chi connectivity index (χ3n) is 5.33. The molecule has 30 heavy (non-hydrogen) atoms. The standard InChI is InChI=1S/C24H17FN2O2S/c25-18-9-6-10-19(15-18)27-22(28)13-14-30-24(27)20-11-4-5-12-21(20)26(23(24)29)16-17-7-2-1-3-8-17/h1-15H,16H2. The highest BCUT2D eigenvalue weighted by Crippen LogP contribution is 2.54. The molecule has 3 aromatic rings. The first kappa shape index (κ1) is 18.6. The number of carbonyl (C=O) groups is 2. The van der Waals surface area contributed by atoms with Crippen LogP contribution < -0.4 is 9.80 Å². The molecule has 0 aliphatic carbocycles. The normalized spacial score (nSPS) is 20.2. The van der Waals surface area contributed by atoms with E-state index in [9.17, 15) is 14.0 Å². The van der Waals surface area contributed by atoms with Crippen LogP contribution in [0.25, 0.3) is 0 Å². The Morgan fingerprint density at radius 1 is 0.900 bits per heavy atom. The van der Waals surface area contributed by atoms with E-state index in [1.54, 1.807) is 22.4 Å². The molecule has 4 nitrogen and oxygen atoms in total. The maximum absolute atomic E-state index is 14.0. The zero-order valence-electron chi connectivity index (χ0n) is 15.9. The van der Waals surface area contributed by atoms with Gasteiger partial charge in [0.1, 0.15) is 5.82 Å². The summed E-state index contributed by atoms with van der Waals surface area (Å²) in [6.07, 6.45) is 1.41. The molecule has 0 fully saturated rings. The number of nitrogens with zero attached hydrogens (tertiary/aromatic N) is 2. The number of anilines is 2. The van der Waals surface area contributed by atoms with Gasteiger partial charge in [-0.25, -0.2) is 4.39 Å². The van der Waals surface area contributed by atoms with Crippen molar-refractivity contribution in [1.82, 2.24) is 0 Å². The van der Waals surface area contributed by atoms with Gasteiger partial charge in [-0.15, -0.1) is 0 Å². The average Bonchev–Trinajstić information content (AvgIpc) is 2.98. The van der Waals surface area contributed by atoms with Crippen molar-refractivity contribution in [3.63, 3.8) is 0 Å². The molecular weight excluding hydrogens is 399 g/mol. The molecule has 0 radical (unpaired) electrons. The van der Waals surface area contributed by atoms with Crippen molar-refractivity contribution in [3.8, 4) is 0 Å². The maximum atomic E-state index is 14.0. The van der Waals surface area contributed by atoms with Gasteiger partial charge in [0, 0.05) is 17.3 Å². The average molecular weight is 416 g/mol. The van der Waals surface area contributed by atoms with E-state index in [2.05, 4.69) is 0 Å². The van der Waals surface area contributed by atoms with Gasteiger partial charge in [-0.2, -0.15) is 0 Å². The summed E-state index contributed by atoms with van der Waals surface area (Å²) in [5, 5.41) is 1.65. The summed E-state index contributed by atoms with van der Waals surface area (Å²) in [4.78, 5) is 28.8. The molecule has 0 N–H and O–H groups in total. The van der Waals surface area contributed by atoms with Gasteiger partial charge in [0.25, 0.3) is 11.8 Å². The number of halogens is 1. The molecule has 2 aliphatic rings. The molecule has 2 aliphatic heterocycles. The van der Waals surface area contributed by atoms with Crippen molar-refractivity contribution in [3.05, 3.63) is 107 Å². The topological polar surface area (TPSA) is 40.6 Å². The summed E-state index contributed by atoms with van der Waals surface area (Å²) in [6, 6.07) is 23.0. The summed E-state index contributed by atoms with van der Waals surface area (Å²) in [6.45, 7) is 0.383. The number of hydrogen-bond acceptors (Lipinski definition) is 3. The quantitative estimate of drug-likeness (QED) is 0.615. The number of benzene rings is 3. The molecule has 1 spiro atoms. The van der Waals surface area contributed by atoms with Crippen LogP contribution in [0.1, 0.15) is 11.1 Å². The number of hydrogen-bond donors (Lipinski definition) is 0. The van der Waals surface area contributed by atoms with Crippen LogP contribution in [-0.2, 0) is 21.0 Å². The van der Waals surface area contributed by atoms with E-state index in [-0.39, 0.29) is 11.8 Å². The number of fused-ring (bicyclic) bond motifs is 2. The minimum atomic E-state index is -1.31. The van der Waals surface area contributed by atoms with E-state index in [4.69, 9.17) is 0 Å². The first-order valence-corrected chi connectivity index (χ1v) is 10.4. The molecule has 2 amide bonds. The molecule has 2 heterocycles. The van der Waals surface area contributed by atoms with Gasteiger partial charge < -0.3 is 4.90 Å². The number of rotatable bonds is 3. The van der Waals surface area contributed by atoms with E-state index < -0.39 is 10.7 Å².